The minimum Gasteiger partial charge on any atom is -0.293 e. The fourth-order valence-electron chi connectivity index (χ4n) is 2.60. The molecule has 0 saturated carbocycles. The monoisotopic (exact) mass is 351 g/mol. The lowest BCUT2D eigenvalue weighted by Crippen LogP contribution is -2.21. The van der Waals surface area contributed by atoms with Crippen LogP contribution in [0.15, 0.2) is 59.7 Å². The number of hydrogen-bond acceptors (Lipinski definition) is 4. The Morgan fingerprint density at radius 2 is 1.76 bits per heavy atom. The summed E-state index contributed by atoms with van der Waals surface area (Å²) < 4.78 is 3.09. The second-order valence-corrected chi connectivity index (χ2v) is 6.25. The van der Waals surface area contributed by atoms with E-state index in [9.17, 15) is 4.79 Å². The van der Waals surface area contributed by atoms with Gasteiger partial charge in [0.25, 0.3) is 5.56 Å². The van der Waals surface area contributed by atoms with Crippen molar-refractivity contribution in [3.63, 3.8) is 0 Å². The largest absolute Gasteiger partial charge is 0.293 e. The lowest BCUT2D eigenvalue weighted by molar-refractivity contribution is 0.745. The molecule has 124 valence electrons. The molecule has 0 spiro atoms. The molecule has 2 heterocycles. The third-order valence-corrected chi connectivity index (χ3v) is 4.23. The molecule has 0 aliphatic carbocycles. The van der Waals surface area contributed by atoms with Crippen LogP contribution >= 0.6 is 11.6 Å². The Hall–Kier alpha value is -2.99. The van der Waals surface area contributed by atoms with Crippen molar-refractivity contribution in [3.05, 3.63) is 81.4 Å². The Balaban J connectivity index is 1.75. The van der Waals surface area contributed by atoms with Crippen molar-refractivity contribution in [2.24, 2.45) is 0 Å². The quantitative estimate of drug-likeness (QED) is 0.569. The van der Waals surface area contributed by atoms with Crippen molar-refractivity contribution >= 4 is 22.8 Å². The average molecular weight is 352 g/mol. The Morgan fingerprint density at radius 1 is 1.04 bits per heavy atom. The third-order valence-electron chi connectivity index (χ3n) is 3.97. The molecule has 0 bridgehead atoms. The first-order valence-electron chi connectivity index (χ1n) is 7.74. The summed E-state index contributed by atoms with van der Waals surface area (Å²) >= 11 is 5.89. The number of halogens is 1. The molecule has 0 fully saturated rings. The van der Waals surface area contributed by atoms with Gasteiger partial charge in [-0.2, -0.15) is 4.68 Å². The second-order valence-electron chi connectivity index (χ2n) is 5.81. The Kier molecular flexibility index (Phi) is 3.82. The van der Waals surface area contributed by atoms with Crippen molar-refractivity contribution < 1.29 is 0 Å². The number of aryl methyl sites for hydroxylation is 1. The van der Waals surface area contributed by atoms with E-state index in [1.54, 1.807) is 16.8 Å². The zero-order valence-corrected chi connectivity index (χ0v) is 14.2. The van der Waals surface area contributed by atoms with E-state index in [4.69, 9.17) is 11.6 Å². The highest BCUT2D eigenvalue weighted by Gasteiger charge is 2.13. The van der Waals surface area contributed by atoms with Gasteiger partial charge in [0.15, 0.2) is 11.2 Å². The van der Waals surface area contributed by atoms with E-state index in [1.165, 1.54) is 10.9 Å². The van der Waals surface area contributed by atoms with E-state index in [0.29, 0.717) is 17.2 Å². The molecule has 0 aliphatic rings. The number of fused-ring (bicyclic) bond motifs is 1. The van der Waals surface area contributed by atoms with E-state index in [0.717, 1.165) is 16.8 Å². The molecule has 6 nitrogen and oxygen atoms in total. The van der Waals surface area contributed by atoms with E-state index in [2.05, 4.69) is 15.3 Å². The second kappa shape index (κ2) is 6.14. The van der Waals surface area contributed by atoms with E-state index in [1.807, 2.05) is 43.3 Å². The summed E-state index contributed by atoms with van der Waals surface area (Å²) in [6, 6.07) is 15.1. The van der Waals surface area contributed by atoms with Gasteiger partial charge in [0, 0.05) is 5.02 Å². The van der Waals surface area contributed by atoms with Gasteiger partial charge in [-0.1, -0.05) is 46.6 Å². The fraction of sp³-hybridized carbons (Fsp3) is 0.111. The van der Waals surface area contributed by atoms with E-state index >= 15 is 0 Å². The highest BCUT2D eigenvalue weighted by Crippen LogP contribution is 2.13. The standard InChI is InChI=1S/C18H14ClN5O/c1-12-2-8-15(9-3-12)24-17-16(21-22-24)18(25)23(11-20-17)10-13-4-6-14(19)7-5-13/h2-9,11H,10H2,1H3. The normalized spacial score (nSPS) is 11.1. The highest BCUT2D eigenvalue weighted by molar-refractivity contribution is 6.30. The van der Waals surface area contributed by atoms with Crippen LogP contribution in [-0.4, -0.2) is 24.5 Å². The van der Waals surface area contributed by atoms with Gasteiger partial charge in [-0.15, -0.1) is 5.10 Å². The van der Waals surface area contributed by atoms with Crippen LogP contribution in [0.1, 0.15) is 11.1 Å². The molecule has 0 amide bonds. The highest BCUT2D eigenvalue weighted by atomic mass is 35.5. The van der Waals surface area contributed by atoms with Crippen LogP contribution in [0.25, 0.3) is 16.9 Å². The average Bonchev–Trinajstić information content (AvgIpc) is 3.05. The van der Waals surface area contributed by atoms with Crippen molar-refractivity contribution in [2.45, 2.75) is 13.5 Å². The van der Waals surface area contributed by atoms with Crippen LogP contribution in [0.3, 0.4) is 0 Å². The molecule has 4 aromatic rings. The maximum absolute atomic E-state index is 12.7. The van der Waals surface area contributed by atoms with E-state index < -0.39 is 0 Å². The molecular weight excluding hydrogens is 338 g/mol. The van der Waals surface area contributed by atoms with Gasteiger partial charge in [-0.05, 0) is 36.8 Å². The van der Waals surface area contributed by atoms with Crippen LogP contribution < -0.4 is 5.56 Å². The maximum Gasteiger partial charge on any atom is 0.283 e. The number of aromatic nitrogens is 5. The van der Waals surface area contributed by atoms with Gasteiger partial charge >= 0.3 is 0 Å². The smallest absolute Gasteiger partial charge is 0.283 e. The number of benzene rings is 2. The molecule has 0 atom stereocenters. The van der Waals surface area contributed by atoms with Crippen LogP contribution in [0.4, 0.5) is 0 Å². The van der Waals surface area contributed by atoms with Gasteiger partial charge in [-0.3, -0.25) is 9.36 Å². The molecular formula is C18H14ClN5O. The van der Waals surface area contributed by atoms with Gasteiger partial charge in [-0.25, -0.2) is 4.98 Å². The molecule has 0 radical (unpaired) electrons. The molecule has 0 saturated heterocycles. The predicted molar refractivity (Wildman–Crippen MR) is 96.2 cm³/mol. The number of rotatable bonds is 3. The molecule has 0 aliphatic heterocycles. The summed E-state index contributed by atoms with van der Waals surface area (Å²) in [5.74, 6) is 0. The first-order chi connectivity index (χ1) is 12.1. The van der Waals surface area contributed by atoms with E-state index in [-0.39, 0.29) is 11.1 Å². The van der Waals surface area contributed by atoms with Crippen LogP contribution in [-0.2, 0) is 6.54 Å². The van der Waals surface area contributed by atoms with Gasteiger partial charge < -0.3 is 0 Å². The molecule has 2 aromatic heterocycles. The molecule has 2 aromatic carbocycles. The summed E-state index contributed by atoms with van der Waals surface area (Å²) in [5.41, 5.74) is 3.39. The third kappa shape index (κ3) is 2.92. The first kappa shape index (κ1) is 15.5. The summed E-state index contributed by atoms with van der Waals surface area (Å²) in [7, 11) is 0. The van der Waals surface area contributed by atoms with Crippen molar-refractivity contribution in [3.8, 4) is 5.69 Å². The minimum absolute atomic E-state index is 0.224. The summed E-state index contributed by atoms with van der Waals surface area (Å²) in [6.07, 6.45) is 1.52. The summed E-state index contributed by atoms with van der Waals surface area (Å²) in [5, 5.41) is 8.78. The Morgan fingerprint density at radius 3 is 2.48 bits per heavy atom. The van der Waals surface area contributed by atoms with Gasteiger partial charge in [0.1, 0.15) is 6.33 Å². The number of hydrogen-bond donors (Lipinski definition) is 0. The van der Waals surface area contributed by atoms with Crippen molar-refractivity contribution in [2.75, 3.05) is 0 Å². The van der Waals surface area contributed by atoms with Crippen molar-refractivity contribution in [1.29, 1.82) is 0 Å². The molecule has 4 rings (SSSR count). The molecule has 25 heavy (non-hydrogen) atoms. The topological polar surface area (TPSA) is 65.6 Å². The fourth-order valence-corrected chi connectivity index (χ4v) is 2.73. The SMILES string of the molecule is Cc1ccc(-n2nnc3c(=O)n(Cc4ccc(Cl)cc4)cnc32)cc1. The molecule has 0 unspecified atom stereocenters. The zero-order chi connectivity index (χ0) is 17.4. The number of nitrogens with zero attached hydrogens (tertiary/aromatic N) is 5. The maximum atomic E-state index is 12.7. The molecule has 7 heteroatoms. The Labute approximate surface area is 148 Å². The lowest BCUT2D eigenvalue weighted by atomic mass is 10.2. The summed E-state index contributed by atoms with van der Waals surface area (Å²) in [6.45, 7) is 2.41. The minimum atomic E-state index is -0.224. The van der Waals surface area contributed by atoms with Gasteiger partial charge in [0.05, 0.1) is 12.2 Å². The van der Waals surface area contributed by atoms with Crippen molar-refractivity contribution in [1.82, 2.24) is 24.5 Å². The summed E-state index contributed by atoms with van der Waals surface area (Å²) in [4.78, 5) is 17.1. The first-order valence-corrected chi connectivity index (χ1v) is 8.12. The predicted octanol–water partition coefficient (Wildman–Crippen LogP) is 2.99. The lowest BCUT2D eigenvalue weighted by Gasteiger charge is -2.06. The van der Waals surface area contributed by atoms with Crippen LogP contribution in [0.5, 0.6) is 0 Å². The van der Waals surface area contributed by atoms with Crippen LogP contribution in [0.2, 0.25) is 5.02 Å². The zero-order valence-electron chi connectivity index (χ0n) is 13.4. The van der Waals surface area contributed by atoms with Gasteiger partial charge in [0.2, 0.25) is 0 Å². The van der Waals surface area contributed by atoms with Crippen LogP contribution in [0, 0.1) is 6.92 Å². The Bertz CT molecular complexity index is 1100. The molecule has 0 N–H and O–H groups in total.